The van der Waals surface area contributed by atoms with Gasteiger partial charge in [-0.3, -0.25) is 0 Å². The zero-order chi connectivity index (χ0) is 15.8. The average Bonchev–Trinajstić information content (AvgIpc) is 2.45. The Bertz CT molecular complexity index is 237. The van der Waals surface area contributed by atoms with Gasteiger partial charge in [-0.15, -0.1) is 0 Å². The molecule has 3 N–H and O–H groups in total. The van der Waals surface area contributed by atoms with E-state index in [0.29, 0.717) is 19.4 Å². The molecule has 0 aliphatic heterocycles. The molecule has 0 amide bonds. The molecule has 3 heteroatoms. The van der Waals surface area contributed by atoms with Crippen molar-refractivity contribution in [3.05, 3.63) is 12.2 Å². The largest absolute Gasteiger partial charge is 0.396 e. The number of aliphatic hydroxyl groups excluding tert-OH is 1. The van der Waals surface area contributed by atoms with Gasteiger partial charge in [0, 0.05) is 19.4 Å². The van der Waals surface area contributed by atoms with Crippen molar-refractivity contribution in [1.82, 2.24) is 0 Å². The van der Waals surface area contributed by atoms with Crippen molar-refractivity contribution in [3.63, 3.8) is 0 Å². The number of allylic oxidation sites excluding steroid dienone is 1. The maximum absolute atomic E-state index is 9.82. The standard InChI is InChI=1S/C18H36O3/c1-2-3-4-12-15-18(20,21)16-13-10-8-6-5-7-9-11-14-17-19/h10,13,19-21H,2-9,11-12,14-17H2,1H3/b13-10-. The lowest BCUT2D eigenvalue weighted by molar-refractivity contribution is -0.163. The smallest absolute Gasteiger partial charge is 0.165 e. The minimum Gasteiger partial charge on any atom is -0.396 e. The van der Waals surface area contributed by atoms with Crippen LogP contribution in [0.5, 0.6) is 0 Å². The van der Waals surface area contributed by atoms with E-state index in [-0.39, 0.29) is 0 Å². The SMILES string of the molecule is CCCCCCC(O)(O)C/C=C\CCCCCCCCO. The van der Waals surface area contributed by atoms with E-state index in [0.717, 1.165) is 38.5 Å². The third-order valence-corrected chi connectivity index (χ3v) is 3.82. The van der Waals surface area contributed by atoms with Crippen LogP contribution in [0, 0.1) is 0 Å². The Morgan fingerprint density at radius 3 is 2.05 bits per heavy atom. The molecule has 0 rings (SSSR count). The number of rotatable bonds is 15. The monoisotopic (exact) mass is 300 g/mol. The molecule has 0 aromatic rings. The van der Waals surface area contributed by atoms with Crippen LogP contribution in [0.25, 0.3) is 0 Å². The van der Waals surface area contributed by atoms with Crippen LogP contribution in [-0.4, -0.2) is 27.7 Å². The average molecular weight is 300 g/mol. The summed E-state index contributed by atoms with van der Waals surface area (Å²) in [6.45, 7) is 2.46. The Labute approximate surface area is 131 Å². The molecular weight excluding hydrogens is 264 g/mol. The summed E-state index contributed by atoms with van der Waals surface area (Å²) >= 11 is 0. The summed E-state index contributed by atoms with van der Waals surface area (Å²) in [4.78, 5) is 0. The van der Waals surface area contributed by atoms with E-state index < -0.39 is 5.79 Å². The molecule has 0 aromatic carbocycles. The van der Waals surface area contributed by atoms with Crippen molar-refractivity contribution in [2.45, 2.75) is 96.2 Å². The molecule has 0 saturated heterocycles. The van der Waals surface area contributed by atoms with Gasteiger partial charge in [-0.1, -0.05) is 64.0 Å². The Hall–Kier alpha value is -0.380. The molecule has 21 heavy (non-hydrogen) atoms. The fraction of sp³-hybridized carbons (Fsp3) is 0.889. The molecule has 0 saturated carbocycles. The highest BCUT2D eigenvalue weighted by Gasteiger charge is 2.19. The maximum atomic E-state index is 9.82. The molecule has 0 bridgehead atoms. The molecular formula is C18H36O3. The summed E-state index contributed by atoms with van der Waals surface area (Å²) in [6.07, 6.45) is 17.0. The summed E-state index contributed by atoms with van der Waals surface area (Å²) in [7, 11) is 0. The van der Waals surface area contributed by atoms with Crippen molar-refractivity contribution in [1.29, 1.82) is 0 Å². The second kappa shape index (κ2) is 14.6. The fourth-order valence-electron chi connectivity index (χ4n) is 2.41. The van der Waals surface area contributed by atoms with E-state index in [1.165, 1.54) is 32.1 Å². The van der Waals surface area contributed by atoms with E-state index in [9.17, 15) is 10.2 Å². The van der Waals surface area contributed by atoms with Crippen molar-refractivity contribution in [2.24, 2.45) is 0 Å². The van der Waals surface area contributed by atoms with Gasteiger partial charge in [0.25, 0.3) is 0 Å². The molecule has 126 valence electrons. The minimum absolute atomic E-state index is 0.311. The Kier molecular flexibility index (Phi) is 14.3. The van der Waals surface area contributed by atoms with Crippen LogP contribution < -0.4 is 0 Å². The summed E-state index contributed by atoms with van der Waals surface area (Å²) in [6, 6.07) is 0. The van der Waals surface area contributed by atoms with E-state index in [1.807, 2.05) is 6.08 Å². The lowest BCUT2D eigenvalue weighted by atomic mass is 10.0. The molecule has 0 radical (unpaired) electrons. The predicted molar refractivity (Wildman–Crippen MR) is 89.1 cm³/mol. The molecule has 0 aliphatic carbocycles. The topological polar surface area (TPSA) is 60.7 Å². The van der Waals surface area contributed by atoms with Gasteiger partial charge < -0.3 is 15.3 Å². The van der Waals surface area contributed by atoms with Gasteiger partial charge in [-0.25, -0.2) is 0 Å². The molecule has 0 unspecified atom stereocenters. The van der Waals surface area contributed by atoms with Gasteiger partial charge in [0.1, 0.15) is 0 Å². The molecule has 0 fully saturated rings. The van der Waals surface area contributed by atoms with E-state index in [1.54, 1.807) is 0 Å². The van der Waals surface area contributed by atoms with Crippen LogP contribution in [0.4, 0.5) is 0 Å². The Morgan fingerprint density at radius 1 is 0.762 bits per heavy atom. The normalized spacial score (nSPS) is 12.4. The molecule has 0 aromatic heterocycles. The van der Waals surface area contributed by atoms with Crippen LogP contribution in [0.2, 0.25) is 0 Å². The second-order valence-corrected chi connectivity index (χ2v) is 6.10. The third kappa shape index (κ3) is 15.8. The number of aliphatic hydroxyl groups is 3. The predicted octanol–water partition coefficient (Wildman–Crippen LogP) is 4.31. The van der Waals surface area contributed by atoms with Crippen LogP contribution in [0.1, 0.15) is 90.4 Å². The lowest BCUT2D eigenvalue weighted by Crippen LogP contribution is -2.26. The Balaban J connectivity index is 3.43. The zero-order valence-corrected chi connectivity index (χ0v) is 13.9. The summed E-state index contributed by atoms with van der Waals surface area (Å²) in [5, 5.41) is 28.3. The highest BCUT2D eigenvalue weighted by molar-refractivity contribution is 4.86. The van der Waals surface area contributed by atoms with Crippen molar-refractivity contribution in [2.75, 3.05) is 6.61 Å². The molecule has 0 spiro atoms. The van der Waals surface area contributed by atoms with Crippen LogP contribution in [0.15, 0.2) is 12.2 Å². The first-order valence-corrected chi connectivity index (χ1v) is 8.83. The van der Waals surface area contributed by atoms with Gasteiger partial charge in [-0.2, -0.15) is 0 Å². The highest BCUT2D eigenvalue weighted by atomic mass is 16.5. The highest BCUT2D eigenvalue weighted by Crippen LogP contribution is 2.17. The molecule has 3 nitrogen and oxygen atoms in total. The molecule has 0 aliphatic rings. The summed E-state index contributed by atoms with van der Waals surface area (Å²) in [5.41, 5.74) is 0. The molecule has 0 atom stereocenters. The maximum Gasteiger partial charge on any atom is 0.165 e. The van der Waals surface area contributed by atoms with Crippen molar-refractivity contribution >= 4 is 0 Å². The van der Waals surface area contributed by atoms with Crippen LogP contribution in [0.3, 0.4) is 0 Å². The number of hydrogen-bond donors (Lipinski definition) is 3. The third-order valence-electron chi connectivity index (χ3n) is 3.82. The first-order valence-electron chi connectivity index (χ1n) is 8.83. The van der Waals surface area contributed by atoms with E-state index in [2.05, 4.69) is 13.0 Å². The van der Waals surface area contributed by atoms with E-state index in [4.69, 9.17) is 5.11 Å². The van der Waals surface area contributed by atoms with Gasteiger partial charge in [-0.05, 0) is 25.7 Å². The minimum atomic E-state index is -1.52. The van der Waals surface area contributed by atoms with Gasteiger partial charge in [0.05, 0.1) is 0 Å². The fourth-order valence-corrected chi connectivity index (χ4v) is 2.41. The Morgan fingerprint density at radius 2 is 1.38 bits per heavy atom. The van der Waals surface area contributed by atoms with Gasteiger partial charge >= 0.3 is 0 Å². The quantitative estimate of drug-likeness (QED) is 0.240. The first-order chi connectivity index (χ1) is 10.1. The van der Waals surface area contributed by atoms with Gasteiger partial charge in [0.2, 0.25) is 0 Å². The van der Waals surface area contributed by atoms with Crippen LogP contribution in [-0.2, 0) is 0 Å². The molecule has 0 heterocycles. The summed E-state index contributed by atoms with van der Waals surface area (Å²) in [5.74, 6) is -1.52. The summed E-state index contributed by atoms with van der Waals surface area (Å²) < 4.78 is 0. The van der Waals surface area contributed by atoms with Crippen molar-refractivity contribution in [3.8, 4) is 0 Å². The van der Waals surface area contributed by atoms with Crippen LogP contribution >= 0.6 is 0 Å². The number of unbranched alkanes of at least 4 members (excludes halogenated alkanes) is 9. The van der Waals surface area contributed by atoms with Gasteiger partial charge in [0.15, 0.2) is 5.79 Å². The zero-order valence-electron chi connectivity index (χ0n) is 13.9. The second-order valence-electron chi connectivity index (χ2n) is 6.10. The van der Waals surface area contributed by atoms with Crippen molar-refractivity contribution < 1.29 is 15.3 Å². The first kappa shape index (κ1) is 20.6. The lowest BCUT2D eigenvalue weighted by Gasteiger charge is -2.19. The number of hydrogen-bond acceptors (Lipinski definition) is 3. The van der Waals surface area contributed by atoms with E-state index >= 15 is 0 Å².